The Labute approximate surface area is 156 Å². The highest BCUT2D eigenvalue weighted by molar-refractivity contribution is 6.04. The number of amides is 1. The summed E-state index contributed by atoms with van der Waals surface area (Å²) < 4.78 is 10.8. The molecule has 0 unspecified atom stereocenters. The smallest absolute Gasteiger partial charge is 0.307 e. The molecular weight excluding hydrogens is 346 g/mol. The summed E-state index contributed by atoms with van der Waals surface area (Å²) in [4.78, 5) is 24.2. The second-order valence-electron chi connectivity index (χ2n) is 5.83. The van der Waals surface area contributed by atoms with E-state index in [1.54, 1.807) is 0 Å². The van der Waals surface area contributed by atoms with Gasteiger partial charge in [-0.3, -0.25) is 14.7 Å². The average molecular weight is 367 g/mol. The molecule has 140 valence electrons. The molecule has 0 fully saturated rings. The van der Waals surface area contributed by atoms with Crippen LogP contribution < -0.4 is 10.1 Å². The van der Waals surface area contributed by atoms with Crippen molar-refractivity contribution in [1.82, 2.24) is 15.5 Å². The first-order valence-electron chi connectivity index (χ1n) is 8.76. The van der Waals surface area contributed by atoms with Gasteiger partial charge in [0.05, 0.1) is 18.5 Å². The van der Waals surface area contributed by atoms with Gasteiger partial charge in [0.1, 0.15) is 12.4 Å². The van der Waals surface area contributed by atoms with Gasteiger partial charge < -0.3 is 14.8 Å². The number of benzene rings is 2. The summed E-state index contributed by atoms with van der Waals surface area (Å²) in [5.74, 6) is -0.0260. The summed E-state index contributed by atoms with van der Waals surface area (Å²) in [7, 11) is 0. The third-order valence-corrected chi connectivity index (χ3v) is 3.96. The molecule has 0 radical (unpaired) electrons. The zero-order valence-electron chi connectivity index (χ0n) is 15.0. The van der Waals surface area contributed by atoms with Crippen LogP contribution in [0.4, 0.5) is 0 Å². The summed E-state index contributed by atoms with van der Waals surface area (Å²) in [6.45, 7) is 2.74. The third-order valence-electron chi connectivity index (χ3n) is 3.96. The molecule has 0 aliphatic heterocycles. The van der Waals surface area contributed by atoms with Crippen LogP contribution in [0.25, 0.3) is 10.9 Å². The average Bonchev–Trinajstić information content (AvgIpc) is 3.12. The lowest BCUT2D eigenvalue weighted by atomic mass is 10.2. The minimum Gasteiger partial charge on any atom is -0.493 e. The number of hydrogen-bond acceptors (Lipinski definition) is 5. The molecule has 3 rings (SSSR count). The Morgan fingerprint density at radius 2 is 1.89 bits per heavy atom. The van der Waals surface area contributed by atoms with Crippen LogP contribution in [-0.2, 0) is 16.1 Å². The molecule has 0 saturated carbocycles. The maximum atomic E-state index is 12.2. The topological polar surface area (TPSA) is 93.3 Å². The number of nitrogens with one attached hydrogen (secondary N) is 2. The van der Waals surface area contributed by atoms with Crippen molar-refractivity contribution in [2.24, 2.45) is 0 Å². The van der Waals surface area contributed by atoms with Crippen molar-refractivity contribution in [3.63, 3.8) is 0 Å². The normalized spacial score (nSPS) is 10.6. The van der Waals surface area contributed by atoms with Crippen molar-refractivity contribution in [3.8, 4) is 5.75 Å². The van der Waals surface area contributed by atoms with Crippen molar-refractivity contribution in [2.75, 3.05) is 13.2 Å². The standard InChI is InChI=1S/C20H21N3O4/c1-2-26-17-10-6-3-7-14(17)13-27-18(24)11-12-21-20(25)19-15-8-4-5-9-16(15)22-23-19/h3-10H,2,11-13H2,1H3,(H,21,25)(H,22,23). The number of carbonyl (C=O) groups is 2. The molecule has 0 aliphatic carbocycles. The molecule has 7 nitrogen and oxygen atoms in total. The van der Waals surface area contributed by atoms with Gasteiger partial charge in [-0.05, 0) is 19.1 Å². The summed E-state index contributed by atoms with van der Waals surface area (Å²) >= 11 is 0. The van der Waals surface area contributed by atoms with E-state index in [1.807, 2.05) is 55.5 Å². The van der Waals surface area contributed by atoms with E-state index >= 15 is 0 Å². The van der Waals surface area contributed by atoms with Crippen LogP contribution in [0.15, 0.2) is 48.5 Å². The summed E-state index contributed by atoms with van der Waals surface area (Å²) in [5, 5.41) is 10.3. The van der Waals surface area contributed by atoms with Crippen LogP contribution in [0.3, 0.4) is 0 Å². The number of nitrogens with zero attached hydrogens (tertiary/aromatic N) is 1. The first kappa shape index (κ1) is 18.4. The number of aromatic nitrogens is 2. The molecule has 0 bridgehead atoms. The summed E-state index contributed by atoms with van der Waals surface area (Å²) in [5.41, 5.74) is 1.90. The number of aromatic amines is 1. The van der Waals surface area contributed by atoms with E-state index < -0.39 is 5.97 Å². The fourth-order valence-corrected chi connectivity index (χ4v) is 2.65. The number of esters is 1. The zero-order valence-corrected chi connectivity index (χ0v) is 15.0. The Bertz CT molecular complexity index is 936. The van der Waals surface area contributed by atoms with Crippen molar-refractivity contribution in [1.29, 1.82) is 0 Å². The fourth-order valence-electron chi connectivity index (χ4n) is 2.65. The van der Waals surface area contributed by atoms with E-state index in [0.717, 1.165) is 16.5 Å². The van der Waals surface area contributed by atoms with Gasteiger partial charge in [0.25, 0.3) is 5.91 Å². The molecule has 2 N–H and O–H groups in total. The molecule has 1 aromatic heterocycles. The molecule has 0 atom stereocenters. The van der Waals surface area contributed by atoms with Gasteiger partial charge in [-0.1, -0.05) is 36.4 Å². The Kier molecular flexibility index (Phi) is 6.04. The highest BCUT2D eigenvalue weighted by Gasteiger charge is 2.14. The summed E-state index contributed by atoms with van der Waals surface area (Å²) in [6.07, 6.45) is 0.0743. The summed E-state index contributed by atoms with van der Waals surface area (Å²) in [6, 6.07) is 14.8. The number of fused-ring (bicyclic) bond motifs is 1. The number of para-hydroxylation sites is 2. The molecule has 1 amide bonds. The minimum absolute atomic E-state index is 0.0743. The predicted molar refractivity (Wildman–Crippen MR) is 100 cm³/mol. The number of rotatable bonds is 8. The van der Waals surface area contributed by atoms with E-state index in [4.69, 9.17) is 9.47 Å². The van der Waals surface area contributed by atoms with Gasteiger partial charge in [-0.15, -0.1) is 0 Å². The SMILES string of the molecule is CCOc1ccccc1COC(=O)CCNC(=O)c1n[nH]c2ccccc12. The number of hydrogen-bond donors (Lipinski definition) is 2. The molecule has 7 heteroatoms. The molecule has 1 heterocycles. The minimum atomic E-state index is -0.395. The quantitative estimate of drug-likeness (QED) is 0.597. The van der Waals surface area contributed by atoms with Gasteiger partial charge in [0, 0.05) is 17.5 Å². The Morgan fingerprint density at radius 1 is 1.11 bits per heavy atom. The van der Waals surface area contributed by atoms with Crippen LogP contribution in [0, 0.1) is 0 Å². The maximum absolute atomic E-state index is 12.2. The lowest BCUT2D eigenvalue weighted by Crippen LogP contribution is -2.27. The lowest BCUT2D eigenvalue weighted by Gasteiger charge is -2.10. The van der Waals surface area contributed by atoms with Crippen LogP contribution in [0.5, 0.6) is 5.75 Å². The van der Waals surface area contributed by atoms with Gasteiger partial charge in [0.15, 0.2) is 5.69 Å². The molecule has 0 saturated heterocycles. The second kappa shape index (κ2) is 8.84. The van der Waals surface area contributed by atoms with Crippen LogP contribution in [0.2, 0.25) is 0 Å². The van der Waals surface area contributed by atoms with Crippen molar-refractivity contribution in [2.45, 2.75) is 20.0 Å². The van der Waals surface area contributed by atoms with E-state index in [9.17, 15) is 9.59 Å². The van der Waals surface area contributed by atoms with E-state index in [1.165, 1.54) is 0 Å². The number of ether oxygens (including phenoxy) is 2. The van der Waals surface area contributed by atoms with E-state index in [0.29, 0.717) is 18.1 Å². The molecular formula is C20H21N3O4. The zero-order chi connectivity index (χ0) is 19.1. The Morgan fingerprint density at radius 3 is 2.74 bits per heavy atom. The van der Waals surface area contributed by atoms with Crippen molar-refractivity contribution >= 4 is 22.8 Å². The lowest BCUT2D eigenvalue weighted by molar-refractivity contribution is -0.144. The van der Waals surface area contributed by atoms with E-state index in [-0.39, 0.29) is 25.5 Å². The van der Waals surface area contributed by atoms with E-state index in [2.05, 4.69) is 15.5 Å². The first-order chi connectivity index (χ1) is 13.2. The number of carbonyl (C=O) groups excluding carboxylic acids is 2. The monoisotopic (exact) mass is 367 g/mol. The second-order valence-corrected chi connectivity index (χ2v) is 5.83. The third kappa shape index (κ3) is 4.63. The Balaban J connectivity index is 1.46. The molecule has 27 heavy (non-hydrogen) atoms. The number of H-pyrrole nitrogens is 1. The van der Waals surface area contributed by atoms with Crippen molar-refractivity contribution in [3.05, 3.63) is 59.8 Å². The van der Waals surface area contributed by atoms with Gasteiger partial charge in [-0.2, -0.15) is 5.10 Å². The van der Waals surface area contributed by atoms with Gasteiger partial charge >= 0.3 is 5.97 Å². The van der Waals surface area contributed by atoms with Crippen LogP contribution >= 0.6 is 0 Å². The highest BCUT2D eigenvalue weighted by atomic mass is 16.5. The molecule has 0 aliphatic rings. The van der Waals surface area contributed by atoms with Crippen LogP contribution in [0.1, 0.15) is 29.4 Å². The molecule has 2 aromatic carbocycles. The molecule has 3 aromatic rings. The largest absolute Gasteiger partial charge is 0.493 e. The van der Waals surface area contributed by atoms with Crippen molar-refractivity contribution < 1.29 is 19.1 Å². The van der Waals surface area contributed by atoms with Gasteiger partial charge in [-0.25, -0.2) is 0 Å². The maximum Gasteiger partial charge on any atom is 0.307 e. The fraction of sp³-hybridized carbons (Fsp3) is 0.250. The predicted octanol–water partition coefficient (Wildman–Crippen LogP) is 2.82. The Hall–Kier alpha value is -3.35. The highest BCUT2D eigenvalue weighted by Crippen LogP contribution is 2.19. The van der Waals surface area contributed by atoms with Crippen LogP contribution in [-0.4, -0.2) is 35.2 Å². The first-order valence-corrected chi connectivity index (χ1v) is 8.76. The van der Waals surface area contributed by atoms with Gasteiger partial charge in [0.2, 0.25) is 0 Å². The molecule has 0 spiro atoms.